The Balaban J connectivity index is 2.72. The molecule has 1 heterocycles. The molecule has 0 bridgehead atoms. The van der Waals surface area contributed by atoms with E-state index in [4.69, 9.17) is 9.88 Å². The molecule has 0 aromatic heterocycles. The summed E-state index contributed by atoms with van der Waals surface area (Å²) in [6.45, 7) is 14.8. The molecule has 1 aliphatic rings. The van der Waals surface area contributed by atoms with Gasteiger partial charge in [-0.25, -0.2) is 4.89 Å². The van der Waals surface area contributed by atoms with E-state index in [0.29, 0.717) is 0 Å². The standard InChI is InChI=1S/C13H27NO2/c1-11(2,3)15-16-14-12(4,5)9-8-10-13(14,6)7/h8-10H2,1-7H3. The number of piperidine rings is 1. The van der Waals surface area contributed by atoms with Crippen LogP contribution < -0.4 is 0 Å². The van der Waals surface area contributed by atoms with Crippen molar-refractivity contribution in [1.82, 2.24) is 5.06 Å². The highest BCUT2D eigenvalue weighted by Gasteiger charge is 2.43. The fourth-order valence-electron chi connectivity index (χ4n) is 2.33. The maximum Gasteiger partial charge on any atom is 0.0972 e. The van der Waals surface area contributed by atoms with Gasteiger partial charge >= 0.3 is 0 Å². The Morgan fingerprint density at radius 1 is 0.938 bits per heavy atom. The fourth-order valence-corrected chi connectivity index (χ4v) is 2.33. The molecule has 1 rings (SSSR count). The van der Waals surface area contributed by atoms with Gasteiger partial charge in [0.15, 0.2) is 0 Å². The number of hydrogen-bond acceptors (Lipinski definition) is 3. The van der Waals surface area contributed by atoms with E-state index >= 15 is 0 Å². The topological polar surface area (TPSA) is 21.7 Å². The molecule has 1 fully saturated rings. The molecule has 0 aromatic carbocycles. The first-order chi connectivity index (χ1) is 7.05. The normalized spacial score (nSPS) is 25.7. The zero-order valence-electron chi connectivity index (χ0n) is 11.9. The van der Waals surface area contributed by atoms with E-state index in [1.807, 2.05) is 25.8 Å². The highest BCUT2D eigenvalue weighted by atomic mass is 17.3. The van der Waals surface area contributed by atoms with Crippen molar-refractivity contribution in [3.8, 4) is 0 Å². The Hall–Kier alpha value is -0.120. The lowest BCUT2D eigenvalue weighted by molar-refractivity contribution is -0.501. The molecular weight excluding hydrogens is 202 g/mol. The molecule has 0 spiro atoms. The number of hydroxylamine groups is 2. The third-order valence-electron chi connectivity index (χ3n) is 3.04. The highest BCUT2D eigenvalue weighted by molar-refractivity contribution is 4.92. The van der Waals surface area contributed by atoms with Crippen molar-refractivity contribution in [1.29, 1.82) is 0 Å². The Kier molecular flexibility index (Phi) is 3.73. The molecule has 0 unspecified atom stereocenters. The van der Waals surface area contributed by atoms with E-state index in [0.717, 1.165) is 12.8 Å². The molecule has 0 N–H and O–H groups in total. The van der Waals surface area contributed by atoms with E-state index in [-0.39, 0.29) is 16.7 Å². The van der Waals surface area contributed by atoms with Crippen LogP contribution in [0, 0.1) is 0 Å². The van der Waals surface area contributed by atoms with Gasteiger partial charge in [-0.1, -0.05) is 0 Å². The van der Waals surface area contributed by atoms with Crippen LogP contribution in [0.3, 0.4) is 0 Å². The monoisotopic (exact) mass is 229 g/mol. The van der Waals surface area contributed by atoms with Crippen LogP contribution in [0.25, 0.3) is 0 Å². The first-order valence-electron chi connectivity index (χ1n) is 6.21. The lowest BCUT2D eigenvalue weighted by Crippen LogP contribution is -2.58. The zero-order valence-corrected chi connectivity index (χ0v) is 11.9. The van der Waals surface area contributed by atoms with E-state index < -0.39 is 0 Å². The van der Waals surface area contributed by atoms with Crippen LogP contribution in [-0.4, -0.2) is 21.7 Å². The van der Waals surface area contributed by atoms with E-state index in [1.165, 1.54) is 6.42 Å². The Morgan fingerprint density at radius 3 is 1.75 bits per heavy atom. The molecular formula is C13H27NO2. The van der Waals surface area contributed by atoms with Gasteiger partial charge in [-0.05, 0) is 67.7 Å². The summed E-state index contributed by atoms with van der Waals surface area (Å²) in [7, 11) is 0. The average Bonchev–Trinajstić information content (AvgIpc) is 1.97. The number of hydrogen-bond donors (Lipinski definition) is 0. The molecule has 3 heteroatoms. The quantitative estimate of drug-likeness (QED) is 0.532. The Labute approximate surface area is 100.0 Å². The third-order valence-corrected chi connectivity index (χ3v) is 3.04. The molecule has 0 aromatic rings. The van der Waals surface area contributed by atoms with E-state index in [2.05, 4.69) is 27.7 Å². The second kappa shape index (κ2) is 4.28. The van der Waals surface area contributed by atoms with Crippen LogP contribution in [0.15, 0.2) is 0 Å². The van der Waals surface area contributed by atoms with E-state index in [9.17, 15) is 0 Å². The molecule has 1 aliphatic heterocycles. The van der Waals surface area contributed by atoms with Crippen LogP contribution in [0.4, 0.5) is 0 Å². The molecule has 0 saturated carbocycles. The van der Waals surface area contributed by atoms with Crippen LogP contribution in [0.2, 0.25) is 0 Å². The maximum absolute atomic E-state index is 5.61. The molecule has 0 aliphatic carbocycles. The predicted molar refractivity (Wildman–Crippen MR) is 65.8 cm³/mol. The van der Waals surface area contributed by atoms with Gasteiger partial charge in [-0.3, -0.25) is 0 Å². The summed E-state index contributed by atoms with van der Waals surface area (Å²) in [5.74, 6) is 0. The zero-order chi connectivity index (χ0) is 12.6. The van der Waals surface area contributed by atoms with Gasteiger partial charge in [0, 0.05) is 11.1 Å². The summed E-state index contributed by atoms with van der Waals surface area (Å²) in [4.78, 5) is 11.1. The van der Waals surface area contributed by atoms with Gasteiger partial charge in [-0.2, -0.15) is 0 Å². The smallest absolute Gasteiger partial charge is 0.0972 e. The predicted octanol–water partition coefficient (Wildman–Crippen LogP) is 3.69. The lowest BCUT2D eigenvalue weighted by Gasteiger charge is -2.50. The highest BCUT2D eigenvalue weighted by Crippen LogP contribution is 2.38. The second-order valence-corrected chi connectivity index (χ2v) is 7.04. The average molecular weight is 229 g/mol. The van der Waals surface area contributed by atoms with E-state index in [1.54, 1.807) is 0 Å². The third kappa shape index (κ3) is 3.44. The number of rotatable bonds is 2. The maximum atomic E-state index is 5.61. The van der Waals surface area contributed by atoms with Crippen LogP contribution in [0.1, 0.15) is 67.7 Å². The number of nitrogens with zero attached hydrogens (tertiary/aromatic N) is 1. The molecule has 16 heavy (non-hydrogen) atoms. The first-order valence-corrected chi connectivity index (χ1v) is 6.21. The second-order valence-electron chi connectivity index (χ2n) is 7.04. The minimum atomic E-state index is -0.274. The van der Waals surface area contributed by atoms with Crippen molar-refractivity contribution >= 4 is 0 Å². The Morgan fingerprint density at radius 2 is 1.38 bits per heavy atom. The largest absolute Gasteiger partial charge is 0.212 e. The Bertz CT molecular complexity index is 225. The van der Waals surface area contributed by atoms with Gasteiger partial charge in [-0.15, -0.1) is 10.1 Å². The minimum absolute atomic E-state index is 0.0347. The van der Waals surface area contributed by atoms with Crippen molar-refractivity contribution in [2.45, 2.75) is 84.4 Å². The van der Waals surface area contributed by atoms with Crippen molar-refractivity contribution in [2.24, 2.45) is 0 Å². The van der Waals surface area contributed by atoms with Crippen LogP contribution in [-0.2, 0) is 9.88 Å². The molecule has 3 nitrogen and oxygen atoms in total. The van der Waals surface area contributed by atoms with Crippen molar-refractivity contribution in [2.75, 3.05) is 0 Å². The molecule has 0 atom stereocenters. The van der Waals surface area contributed by atoms with Gasteiger partial charge < -0.3 is 0 Å². The molecule has 1 saturated heterocycles. The summed E-state index contributed by atoms with van der Waals surface area (Å²) in [5.41, 5.74) is -0.205. The summed E-state index contributed by atoms with van der Waals surface area (Å²) < 4.78 is 0. The van der Waals surface area contributed by atoms with Gasteiger partial charge in [0.2, 0.25) is 0 Å². The summed E-state index contributed by atoms with van der Waals surface area (Å²) in [5, 5.41) is 2.02. The summed E-state index contributed by atoms with van der Waals surface area (Å²) in [6, 6.07) is 0. The summed E-state index contributed by atoms with van der Waals surface area (Å²) in [6.07, 6.45) is 3.53. The SMILES string of the molecule is CC(C)(C)OON1C(C)(C)CCCC1(C)C. The fraction of sp³-hybridized carbons (Fsp3) is 1.00. The van der Waals surface area contributed by atoms with Crippen molar-refractivity contribution < 1.29 is 9.88 Å². The van der Waals surface area contributed by atoms with Crippen molar-refractivity contribution in [3.63, 3.8) is 0 Å². The van der Waals surface area contributed by atoms with Crippen LogP contribution in [0.5, 0.6) is 0 Å². The summed E-state index contributed by atoms with van der Waals surface area (Å²) >= 11 is 0. The van der Waals surface area contributed by atoms with Gasteiger partial charge in [0.05, 0.1) is 5.60 Å². The van der Waals surface area contributed by atoms with Gasteiger partial charge in [0.25, 0.3) is 0 Å². The minimum Gasteiger partial charge on any atom is -0.212 e. The van der Waals surface area contributed by atoms with Crippen molar-refractivity contribution in [3.05, 3.63) is 0 Å². The first kappa shape index (κ1) is 13.9. The van der Waals surface area contributed by atoms with Gasteiger partial charge in [0.1, 0.15) is 0 Å². The van der Waals surface area contributed by atoms with Crippen LogP contribution >= 0.6 is 0 Å². The molecule has 96 valence electrons. The lowest BCUT2D eigenvalue weighted by atomic mass is 9.82. The molecule has 0 amide bonds. The molecule has 0 radical (unpaired) electrons.